The molecule has 2 aromatic carbocycles. The molecule has 1 aliphatic rings. The van der Waals surface area contributed by atoms with Gasteiger partial charge in [0.25, 0.3) is 5.91 Å². The zero-order valence-electron chi connectivity index (χ0n) is 15.5. The molecule has 7 heteroatoms. The van der Waals surface area contributed by atoms with Crippen LogP contribution in [0.5, 0.6) is 0 Å². The number of nitrogens with zero attached hydrogens (tertiary/aromatic N) is 1. The molecule has 1 aliphatic carbocycles. The van der Waals surface area contributed by atoms with Gasteiger partial charge in [-0.3, -0.25) is 4.79 Å². The van der Waals surface area contributed by atoms with Crippen LogP contribution in [-0.2, 0) is 0 Å². The van der Waals surface area contributed by atoms with Crippen LogP contribution in [0.4, 0.5) is 10.1 Å². The average Bonchev–Trinajstić information content (AvgIpc) is 2.70. The minimum Gasteiger partial charge on any atom is -0.360 e. The minimum atomic E-state index is -0.326. The lowest BCUT2D eigenvalue weighted by Crippen LogP contribution is -2.38. The number of hydrogen-bond acceptors (Lipinski definition) is 3. The molecule has 2 aromatic rings. The summed E-state index contributed by atoms with van der Waals surface area (Å²) < 4.78 is 12.9. The van der Waals surface area contributed by atoms with Gasteiger partial charge in [-0.25, -0.2) is 9.82 Å². The van der Waals surface area contributed by atoms with E-state index in [1.807, 2.05) is 0 Å². The number of nitrogens with one attached hydrogen (secondary N) is 3. The molecule has 1 saturated carbocycles. The number of carbonyl (C=O) groups is 1. The second kappa shape index (κ2) is 9.94. The van der Waals surface area contributed by atoms with Gasteiger partial charge >= 0.3 is 0 Å². The highest BCUT2D eigenvalue weighted by atomic mass is 32.1. The Morgan fingerprint density at radius 1 is 1.04 bits per heavy atom. The summed E-state index contributed by atoms with van der Waals surface area (Å²) in [5.74, 6) is -0.642. The number of halogens is 1. The first-order valence-electron chi connectivity index (χ1n) is 9.37. The fourth-order valence-corrected chi connectivity index (χ4v) is 3.37. The second-order valence-corrected chi connectivity index (χ2v) is 7.17. The Bertz CT molecular complexity index is 830. The summed E-state index contributed by atoms with van der Waals surface area (Å²) in [4.78, 5) is 12.1. The molecule has 0 aromatic heterocycles. The molecule has 5 nitrogen and oxygen atoms in total. The average molecular weight is 399 g/mol. The summed E-state index contributed by atoms with van der Waals surface area (Å²) in [7, 11) is 0. The molecule has 3 rings (SSSR count). The molecule has 0 radical (unpaired) electrons. The van der Waals surface area contributed by atoms with Crippen LogP contribution >= 0.6 is 12.2 Å². The van der Waals surface area contributed by atoms with E-state index < -0.39 is 0 Å². The van der Waals surface area contributed by atoms with Gasteiger partial charge in [-0.2, -0.15) is 5.10 Å². The van der Waals surface area contributed by atoms with Crippen molar-refractivity contribution in [1.82, 2.24) is 10.7 Å². The third-order valence-electron chi connectivity index (χ3n) is 4.60. The lowest BCUT2D eigenvalue weighted by atomic mass is 9.96. The van der Waals surface area contributed by atoms with Crippen LogP contribution in [0.2, 0.25) is 0 Å². The summed E-state index contributed by atoms with van der Waals surface area (Å²) in [6, 6.07) is 13.3. The van der Waals surface area contributed by atoms with Crippen molar-refractivity contribution in [3.8, 4) is 0 Å². The van der Waals surface area contributed by atoms with Crippen molar-refractivity contribution in [3.05, 3.63) is 65.5 Å². The fraction of sp³-hybridized carbons (Fsp3) is 0.286. The monoisotopic (exact) mass is 398 g/mol. The van der Waals surface area contributed by atoms with Crippen LogP contribution in [0.15, 0.2) is 53.6 Å². The molecule has 3 N–H and O–H groups in total. The Hall–Kier alpha value is -2.80. The maximum Gasteiger partial charge on any atom is 0.271 e. The van der Waals surface area contributed by atoms with Gasteiger partial charge in [0.1, 0.15) is 5.82 Å². The Kier molecular flexibility index (Phi) is 7.08. The van der Waals surface area contributed by atoms with Crippen LogP contribution < -0.4 is 16.1 Å². The smallest absolute Gasteiger partial charge is 0.271 e. The first-order valence-corrected chi connectivity index (χ1v) is 9.77. The van der Waals surface area contributed by atoms with Gasteiger partial charge in [0.2, 0.25) is 0 Å². The van der Waals surface area contributed by atoms with E-state index in [0.717, 1.165) is 18.5 Å². The molecular formula is C21H23FN4OS. The lowest BCUT2D eigenvalue weighted by molar-refractivity contribution is 0.0955. The molecule has 0 heterocycles. The molecular weight excluding hydrogens is 375 g/mol. The van der Waals surface area contributed by atoms with Crippen molar-refractivity contribution in [2.45, 2.75) is 38.1 Å². The predicted molar refractivity (Wildman–Crippen MR) is 114 cm³/mol. The molecule has 0 spiro atoms. The van der Waals surface area contributed by atoms with Gasteiger partial charge in [-0.05, 0) is 67.0 Å². The number of benzene rings is 2. The number of hydrogen-bond donors (Lipinski definition) is 3. The zero-order valence-corrected chi connectivity index (χ0v) is 16.3. The van der Waals surface area contributed by atoms with Crippen LogP contribution in [-0.4, -0.2) is 23.3 Å². The van der Waals surface area contributed by atoms with Gasteiger partial charge in [0, 0.05) is 17.3 Å². The third kappa shape index (κ3) is 6.13. The SMILES string of the molecule is O=C(N/N=C/c1ccc(F)cc1)c1ccc(NC(=S)NC2CCCCC2)cc1. The Labute approximate surface area is 169 Å². The summed E-state index contributed by atoms with van der Waals surface area (Å²) in [6.45, 7) is 0. The van der Waals surface area contributed by atoms with Crippen LogP contribution in [0, 0.1) is 5.82 Å². The first-order chi connectivity index (χ1) is 13.6. The number of amides is 1. The zero-order chi connectivity index (χ0) is 19.8. The largest absolute Gasteiger partial charge is 0.360 e. The highest BCUT2D eigenvalue weighted by Gasteiger charge is 2.14. The number of rotatable bonds is 5. The molecule has 0 saturated heterocycles. The van der Waals surface area contributed by atoms with E-state index in [4.69, 9.17) is 12.2 Å². The number of thiocarbonyl (C=S) groups is 1. The number of hydrazone groups is 1. The molecule has 0 atom stereocenters. The number of anilines is 1. The van der Waals surface area contributed by atoms with E-state index in [1.165, 1.54) is 37.6 Å². The number of carbonyl (C=O) groups excluding carboxylic acids is 1. The molecule has 1 fully saturated rings. The summed E-state index contributed by atoms with van der Waals surface area (Å²) in [5.41, 5.74) is 4.45. The van der Waals surface area contributed by atoms with Crippen LogP contribution in [0.25, 0.3) is 0 Å². The molecule has 0 unspecified atom stereocenters. The van der Waals surface area contributed by atoms with Crippen molar-refractivity contribution in [2.24, 2.45) is 5.10 Å². The highest BCUT2D eigenvalue weighted by molar-refractivity contribution is 7.80. The van der Waals surface area contributed by atoms with Crippen molar-refractivity contribution < 1.29 is 9.18 Å². The van der Waals surface area contributed by atoms with Gasteiger partial charge in [-0.15, -0.1) is 0 Å². The lowest BCUT2D eigenvalue weighted by Gasteiger charge is -2.24. The standard InChI is InChI=1S/C21H23FN4OS/c22-17-10-6-15(7-11-17)14-23-26-20(27)16-8-12-19(13-9-16)25-21(28)24-18-4-2-1-3-5-18/h6-14,18H,1-5H2,(H,26,27)(H2,24,25,28)/b23-14+. The Balaban J connectivity index is 1.48. The minimum absolute atomic E-state index is 0.316. The third-order valence-corrected chi connectivity index (χ3v) is 4.81. The van der Waals surface area contributed by atoms with Crippen molar-refractivity contribution in [1.29, 1.82) is 0 Å². The topological polar surface area (TPSA) is 65.5 Å². The van der Waals surface area contributed by atoms with E-state index in [9.17, 15) is 9.18 Å². The normalized spacial score (nSPS) is 14.6. The summed E-state index contributed by atoms with van der Waals surface area (Å²) >= 11 is 5.37. The van der Waals surface area contributed by atoms with E-state index in [2.05, 4.69) is 21.2 Å². The molecule has 28 heavy (non-hydrogen) atoms. The summed E-state index contributed by atoms with van der Waals surface area (Å²) in [6.07, 6.45) is 7.55. The van der Waals surface area contributed by atoms with Crippen molar-refractivity contribution >= 4 is 35.1 Å². The van der Waals surface area contributed by atoms with E-state index in [-0.39, 0.29) is 11.7 Å². The van der Waals surface area contributed by atoms with Gasteiger partial charge in [0.05, 0.1) is 6.21 Å². The second-order valence-electron chi connectivity index (χ2n) is 6.76. The van der Waals surface area contributed by atoms with Crippen molar-refractivity contribution in [2.75, 3.05) is 5.32 Å². The van der Waals surface area contributed by atoms with E-state index in [1.54, 1.807) is 36.4 Å². The highest BCUT2D eigenvalue weighted by Crippen LogP contribution is 2.17. The quantitative estimate of drug-likeness (QED) is 0.401. The van der Waals surface area contributed by atoms with Gasteiger partial charge in [0.15, 0.2) is 5.11 Å². The van der Waals surface area contributed by atoms with Gasteiger partial charge < -0.3 is 10.6 Å². The van der Waals surface area contributed by atoms with E-state index >= 15 is 0 Å². The van der Waals surface area contributed by atoms with Gasteiger partial charge in [-0.1, -0.05) is 31.4 Å². The van der Waals surface area contributed by atoms with Crippen LogP contribution in [0.1, 0.15) is 48.0 Å². The Morgan fingerprint density at radius 3 is 2.39 bits per heavy atom. The molecule has 0 aliphatic heterocycles. The first kappa shape index (κ1) is 19.9. The van der Waals surface area contributed by atoms with Crippen molar-refractivity contribution in [3.63, 3.8) is 0 Å². The Morgan fingerprint density at radius 2 is 1.71 bits per heavy atom. The van der Waals surface area contributed by atoms with E-state index in [0.29, 0.717) is 22.3 Å². The fourth-order valence-electron chi connectivity index (χ4n) is 3.08. The van der Waals surface area contributed by atoms with Crippen LogP contribution in [0.3, 0.4) is 0 Å². The molecule has 146 valence electrons. The molecule has 0 bridgehead atoms. The maximum absolute atomic E-state index is 12.9. The molecule has 1 amide bonds. The summed E-state index contributed by atoms with van der Waals surface area (Å²) in [5, 5.41) is 11.0. The predicted octanol–water partition coefficient (Wildman–Crippen LogP) is 4.21. The maximum atomic E-state index is 12.9.